The van der Waals surface area contributed by atoms with Crippen molar-refractivity contribution in [2.75, 3.05) is 18.6 Å². The number of phenols is 1. The van der Waals surface area contributed by atoms with Crippen LogP contribution in [0.25, 0.3) is 0 Å². The molecular formula is C15H21FN2O3. The van der Waals surface area contributed by atoms with Crippen LogP contribution in [0.15, 0.2) is 12.1 Å². The minimum atomic E-state index is -0.702. The van der Waals surface area contributed by atoms with Gasteiger partial charge in [0.1, 0.15) is 6.04 Å². The van der Waals surface area contributed by atoms with E-state index >= 15 is 0 Å². The Hall–Kier alpha value is -1.82. The monoisotopic (exact) mass is 296 g/mol. The van der Waals surface area contributed by atoms with Crippen molar-refractivity contribution in [3.8, 4) is 5.75 Å². The molecule has 2 rings (SSSR count). The summed E-state index contributed by atoms with van der Waals surface area (Å²) in [6.45, 7) is 3.61. The molecule has 21 heavy (non-hydrogen) atoms. The molecule has 1 aliphatic heterocycles. The number of aliphatic hydroxyl groups excluding tert-OH is 1. The zero-order valence-corrected chi connectivity index (χ0v) is 12.4. The first-order chi connectivity index (χ1) is 9.85. The summed E-state index contributed by atoms with van der Waals surface area (Å²) in [6.07, 6.45) is 0.309. The summed E-state index contributed by atoms with van der Waals surface area (Å²) in [5, 5.41) is 21.8. The van der Waals surface area contributed by atoms with E-state index < -0.39 is 23.7 Å². The molecule has 6 heteroatoms. The van der Waals surface area contributed by atoms with Crippen LogP contribution in [0.2, 0.25) is 0 Å². The van der Waals surface area contributed by atoms with Crippen molar-refractivity contribution >= 4 is 11.6 Å². The summed E-state index contributed by atoms with van der Waals surface area (Å²) in [7, 11) is 1.75. The van der Waals surface area contributed by atoms with Gasteiger partial charge in [-0.1, -0.05) is 13.8 Å². The van der Waals surface area contributed by atoms with Crippen LogP contribution >= 0.6 is 0 Å². The third-order valence-corrected chi connectivity index (χ3v) is 3.88. The SMILES string of the molecule is CC(C)[C@H]1C(=O)N[C@H](CO)Cc2cc(F)c(O)cc2N1C. The molecule has 0 saturated carbocycles. The van der Waals surface area contributed by atoms with Gasteiger partial charge in [-0.2, -0.15) is 0 Å². The van der Waals surface area contributed by atoms with E-state index in [1.165, 1.54) is 12.1 Å². The molecule has 0 radical (unpaired) electrons. The van der Waals surface area contributed by atoms with Crippen LogP contribution in [0, 0.1) is 11.7 Å². The van der Waals surface area contributed by atoms with E-state index in [2.05, 4.69) is 5.32 Å². The first-order valence-electron chi connectivity index (χ1n) is 7.00. The van der Waals surface area contributed by atoms with Crippen molar-refractivity contribution in [2.24, 2.45) is 5.92 Å². The van der Waals surface area contributed by atoms with Crippen LogP contribution in [0.1, 0.15) is 19.4 Å². The number of hydrogen-bond donors (Lipinski definition) is 3. The average Bonchev–Trinajstić information content (AvgIpc) is 2.40. The number of anilines is 1. The fraction of sp³-hybridized carbons (Fsp3) is 0.533. The smallest absolute Gasteiger partial charge is 0.243 e. The van der Waals surface area contributed by atoms with Crippen molar-refractivity contribution < 1.29 is 19.4 Å². The van der Waals surface area contributed by atoms with Crippen LogP contribution in [0.3, 0.4) is 0 Å². The summed E-state index contributed by atoms with van der Waals surface area (Å²) < 4.78 is 13.6. The summed E-state index contributed by atoms with van der Waals surface area (Å²) in [5.74, 6) is -1.30. The Morgan fingerprint density at radius 3 is 2.71 bits per heavy atom. The van der Waals surface area contributed by atoms with Gasteiger partial charge < -0.3 is 20.4 Å². The lowest BCUT2D eigenvalue weighted by Crippen LogP contribution is -2.54. The maximum Gasteiger partial charge on any atom is 0.243 e. The van der Waals surface area contributed by atoms with Gasteiger partial charge in [0.05, 0.1) is 12.6 Å². The van der Waals surface area contributed by atoms with E-state index in [0.717, 1.165) is 0 Å². The van der Waals surface area contributed by atoms with Gasteiger partial charge in [-0.05, 0) is 24.0 Å². The molecular weight excluding hydrogens is 275 g/mol. The molecule has 0 unspecified atom stereocenters. The Morgan fingerprint density at radius 1 is 1.48 bits per heavy atom. The minimum absolute atomic E-state index is 0.0208. The van der Waals surface area contributed by atoms with Gasteiger partial charge in [-0.25, -0.2) is 4.39 Å². The summed E-state index contributed by atoms with van der Waals surface area (Å²) in [4.78, 5) is 14.1. The molecule has 0 aromatic heterocycles. The lowest BCUT2D eigenvalue weighted by molar-refractivity contribution is -0.124. The van der Waals surface area contributed by atoms with Crippen molar-refractivity contribution in [2.45, 2.75) is 32.4 Å². The lowest BCUT2D eigenvalue weighted by atomic mass is 9.95. The van der Waals surface area contributed by atoms with Crippen molar-refractivity contribution in [3.05, 3.63) is 23.5 Å². The number of fused-ring (bicyclic) bond motifs is 1. The number of benzene rings is 1. The van der Waals surface area contributed by atoms with Crippen molar-refractivity contribution in [3.63, 3.8) is 0 Å². The number of likely N-dealkylation sites (N-methyl/N-ethyl adjacent to an activating group) is 1. The number of aromatic hydroxyl groups is 1. The number of nitrogens with zero attached hydrogens (tertiary/aromatic N) is 1. The van der Waals surface area contributed by atoms with E-state index in [1.807, 2.05) is 13.8 Å². The van der Waals surface area contributed by atoms with Crippen LogP contribution in [0.5, 0.6) is 5.75 Å². The highest BCUT2D eigenvalue weighted by atomic mass is 19.1. The number of aliphatic hydroxyl groups is 1. The Morgan fingerprint density at radius 2 is 2.14 bits per heavy atom. The average molecular weight is 296 g/mol. The molecule has 0 spiro atoms. The first kappa shape index (κ1) is 15.6. The Labute approximate surface area is 123 Å². The molecule has 0 fully saturated rings. The zero-order chi connectivity index (χ0) is 15.7. The number of hydrogen-bond acceptors (Lipinski definition) is 4. The largest absolute Gasteiger partial charge is 0.505 e. The molecule has 1 aromatic carbocycles. The fourth-order valence-corrected chi connectivity index (χ4v) is 2.87. The molecule has 116 valence electrons. The molecule has 0 saturated heterocycles. The molecule has 1 aliphatic rings. The Bertz CT molecular complexity index is 548. The second-order valence-corrected chi connectivity index (χ2v) is 5.82. The van der Waals surface area contributed by atoms with Gasteiger partial charge in [0.25, 0.3) is 0 Å². The highest BCUT2D eigenvalue weighted by Crippen LogP contribution is 2.32. The van der Waals surface area contributed by atoms with Gasteiger partial charge >= 0.3 is 0 Å². The number of phenolic OH excluding ortho intramolecular Hbond substituents is 1. The predicted molar refractivity (Wildman–Crippen MR) is 77.8 cm³/mol. The van der Waals surface area contributed by atoms with E-state index in [9.17, 15) is 19.4 Å². The van der Waals surface area contributed by atoms with Gasteiger partial charge in [0, 0.05) is 18.8 Å². The number of rotatable bonds is 2. The zero-order valence-electron chi connectivity index (χ0n) is 12.4. The van der Waals surface area contributed by atoms with Gasteiger partial charge in [-0.3, -0.25) is 4.79 Å². The van der Waals surface area contributed by atoms with Crippen molar-refractivity contribution in [1.82, 2.24) is 5.32 Å². The van der Waals surface area contributed by atoms with Gasteiger partial charge in [0.2, 0.25) is 5.91 Å². The second-order valence-electron chi connectivity index (χ2n) is 5.82. The molecule has 1 amide bonds. The van der Waals surface area contributed by atoms with Crippen LogP contribution in [-0.2, 0) is 11.2 Å². The molecule has 0 bridgehead atoms. The molecule has 1 heterocycles. The third-order valence-electron chi connectivity index (χ3n) is 3.88. The van der Waals surface area contributed by atoms with Crippen LogP contribution < -0.4 is 10.2 Å². The summed E-state index contributed by atoms with van der Waals surface area (Å²) in [6, 6.07) is 1.68. The second kappa shape index (κ2) is 5.89. The predicted octanol–water partition coefficient (Wildman–Crippen LogP) is 1.03. The van der Waals surface area contributed by atoms with E-state index in [-0.39, 0.29) is 18.4 Å². The fourth-order valence-electron chi connectivity index (χ4n) is 2.87. The molecule has 1 aromatic rings. The standard InChI is InChI=1S/C15H21FN2O3/c1-8(2)14-15(21)17-10(7-19)4-9-5-11(16)13(20)6-12(9)18(14)3/h5-6,8,10,14,19-20H,4,7H2,1-3H3,(H,17,21)/t10-,14-/m0/s1. The quantitative estimate of drug-likeness (QED) is 0.762. The van der Waals surface area contributed by atoms with E-state index in [0.29, 0.717) is 17.7 Å². The number of nitrogens with one attached hydrogen (secondary N) is 1. The third kappa shape index (κ3) is 2.95. The molecule has 0 aliphatic carbocycles. The first-order valence-corrected chi connectivity index (χ1v) is 7.00. The number of carbonyl (C=O) groups excluding carboxylic acids is 1. The topological polar surface area (TPSA) is 72.8 Å². The number of amides is 1. The van der Waals surface area contributed by atoms with Crippen LogP contribution in [-0.4, -0.2) is 41.9 Å². The normalized spacial score (nSPS) is 22.6. The highest BCUT2D eigenvalue weighted by molar-refractivity contribution is 5.86. The Balaban J connectivity index is 2.55. The minimum Gasteiger partial charge on any atom is -0.505 e. The summed E-state index contributed by atoms with van der Waals surface area (Å²) >= 11 is 0. The Kier molecular flexibility index (Phi) is 4.37. The number of halogens is 1. The maximum absolute atomic E-state index is 13.6. The van der Waals surface area contributed by atoms with E-state index in [1.54, 1.807) is 11.9 Å². The van der Waals surface area contributed by atoms with E-state index in [4.69, 9.17) is 0 Å². The van der Waals surface area contributed by atoms with Crippen LogP contribution in [0.4, 0.5) is 10.1 Å². The van der Waals surface area contributed by atoms with Crippen molar-refractivity contribution in [1.29, 1.82) is 0 Å². The van der Waals surface area contributed by atoms with Gasteiger partial charge in [-0.15, -0.1) is 0 Å². The number of carbonyl (C=O) groups is 1. The highest BCUT2D eigenvalue weighted by Gasteiger charge is 2.32. The molecule has 2 atom stereocenters. The van der Waals surface area contributed by atoms with Gasteiger partial charge in [0.15, 0.2) is 11.6 Å². The maximum atomic E-state index is 13.6. The lowest BCUT2D eigenvalue weighted by Gasteiger charge is -2.37. The summed E-state index contributed by atoms with van der Waals surface area (Å²) in [5.41, 5.74) is 1.26. The molecule has 3 N–H and O–H groups in total. The molecule has 5 nitrogen and oxygen atoms in total.